The van der Waals surface area contributed by atoms with E-state index in [4.69, 9.17) is 0 Å². The van der Waals surface area contributed by atoms with E-state index in [1.54, 1.807) is 19.0 Å². The minimum Gasteiger partial charge on any atom is -0.392 e. The van der Waals surface area contributed by atoms with Crippen molar-refractivity contribution in [1.29, 1.82) is 0 Å². The average Bonchev–Trinajstić information content (AvgIpc) is 2.76. The van der Waals surface area contributed by atoms with Crippen molar-refractivity contribution in [2.45, 2.75) is 38.2 Å². The van der Waals surface area contributed by atoms with Gasteiger partial charge in [0.05, 0.1) is 12.6 Å². The summed E-state index contributed by atoms with van der Waals surface area (Å²) in [5.74, 6) is -0.0571. The van der Waals surface area contributed by atoms with Crippen LogP contribution in [0.5, 0.6) is 0 Å². The lowest BCUT2D eigenvalue weighted by atomic mass is 9.76. The first-order valence-electron chi connectivity index (χ1n) is 7.36. The van der Waals surface area contributed by atoms with Crippen molar-refractivity contribution in [1.82, 2.24) is 15.1 Å². The van der Waals surface area contributed by atoms with Crippen LogP contribution in [-0.2, 0) is 4.79 Å². The van der Waals surface area contributed by atoms with Crippen LogP contribution in [0.25, 0.3) is 0 Å². The Labute approximate surface area is 120 Å². The highest BCUT2D eigenvalue weighted by atomic mass is 16.3. The van der Waals surface area contributed by atoms with Gasteiger partial charge in [0.2, 0.25) is 5.91 Å². The number of likely N-dealkylation sites (tertiary alicyclic amines) is 1. The summed E-state index contributed by atoms with van der Waals surface area (Å²) in [5, 5.41) is 12.8. The smallest absolute Gasteiger partial charge is 0.317 e. The van der Waals surface area contributed by atoms with Crippen molar-refractivity contribution in [2.75, 3.05) is 33.7 Å². The van der Waals surface area contributed by atoms with Gasteiger partial charge in [0.1, 0.15) is 0 Å². The van der Waals surface area contributed by atoms with Crippen molar-refractivity contribution in [2.24, 2.45) is 5.41 Å². The third-order valence-electron chi connectivity index (χ3n) is 4.62. The molecule has 114 valence electrons. The first-order valence-corrected chi connectivity index (χ1v) is 7.36. The lowest BCUT2D eigenvalue weighted by Crippen LogP contribution is -2.52. The van der Waals surface area contributed by atoms with Crippen LogP contribution >= 0.6 is 0 Å². The molecule has 2 aliphatic rings. The molecule has 6 heteroatoms. The molecule has 2 atom stereocenters. The molecule has 0 radical (unpaired) electrons. The molecule has 1 saturated heterocycles. The van der Waals surface area contributed by atoms with E-state index in [1.165, 1.54) is 4.90 Å². The first kappa shape index (κ1) is 15.1. The second-order valence-electron chi connectivity index (χ2n) is 6.24. The fraction of sp³-hybridized carbons (Fsp3) is 0.857. The number of amides is 3. The van der Waals surface area contributed by atoms with E-state index in [9.17, 15) is 14.7 Å². The number of piperidine rings is 1. The fourth-order valence-electron chi connectivity index (χ4n) is 3.39. The standard InChI is InChI=1S/C14H25N3O3/c1-16(2)13(20)15-9-12(19)17-8-4-7-14(10-17)6-3-5-11(14)18/h11,18H,3-10H2,1-2H3,(H,15,20)/t11-,14+/m1/s1. The van der Waals surface area contributed by atoms with Gasteiger partial charge in [0, 0.05) is 32.6 Å². The van der Waals surface area contributed by atoms with E-state index in [0.717, 1.165) is 38.6 Å². The number of aliphatic hydroxyl groups is 1. The van der Waals surface area contributed by atoms with Crippen LogP contribution in [0.1, 0.15) is 32.1 Å². The molecule has 1 aliphatic carbocycles. The van der Waals surface area contributed by atoms with Crippen LogP contribution in [-0.4, -0.2) is 66.7 Å². The Morgan fingerprint density at radius 2 is 2.05 bits per heavy atom. The molecule has 6 nitrogen and oxygen atoms in total. The second kappa shape index (κ2) is 5.99. The molecule has 0 aromatic rings. The highest BCUT2D eigenvalue weighted by molar-refractivity contribution is 5.83. The molecular formula is C14H25N3O3. The first-order chi connectivity index (χ1) is 9.44. The monoisotopic (exact) mass is 283 g/mol. The lowest BCUT2D eigenvalue weighted by molar-refractivity contribution is -0.135. The maximum atomic E-state index is 12.2. The second-order valence-corrected chi connectivity index (χ2v) is 6.24. The highest BCUT2D eigenvalue weighted by Gasteiger charge is 2.45. The number of carbonyl (C=O) groups is 2. The van der Waals surface area contributed by atoms with E-state index in [-0.39, 0.29) is 30.0 Å². The van der Waals surface area contributed by atoms with E-state index >= 15 is 0 Å². The van der Waals surface area contributed by atoms with Gasteiger partial charge in [-0.3, -0.25) is 4.79 Å². The van der Waals surface area contributed by atoms with E-state index in [1.807, 2.05) is 0 Å². The van der Waals surface area contributed by atoms with Gasteiger partial charge in [0.15, 0.2) is 0 Å². The molecule has 20 heavy (non-hydrogen) atoms. The highest BCUT2D eigenvalue weighted by Crippen LogP contribution is 2.44. The minimum atomic E-state index is -0.283. The molecule has 1 heterocycles. The van der Waals surface area contributed by atoms with Crippen LogP contribution in [0.4, 0.5) is 4.79 Å². The summed E-state index contributed by atoms with van der Waals surface area (Å²) >= 11 is 0. The van der Waals surface area contributed by atoms with Gasteiger partial charge >= 0.3 is 6.03 Å². The van der Waals surface area contributed by atoms with Gasteiger partial charge in [-0.05, 0) is 25.7 Å². The van der Waals surface area contributed by atoms with Gasteiger partial charge in [-0.15, -0.1) is 0 Å². The number of carbonyl (C=O) groups excluding carboxylic acids is 2. The van der Waals surface area contributed by atoms with Gasteiger partial charge in [-0.2, -0.15) is 0 Å². The van der Waals surface area contributed by atoms with Crippen molar-refractivity contribution in [3.63, 3.8) is 0 Å². The SMILES string of the molecule is CN(C)C(=O)NCC(=O)N1CCC[C@@]2(CCC[C@H]2O)C1. The fourth-order valence-corrected chi connectivity index (χ4v) is 3.39. The van der Waals surface area contributed by atoms with Crippen molar-refractivity contribution < 1.29 is 14.7 Å². The molecule has 0 aromatic carbocycles. The number of hydrogen-bond donors (Lipinski definition) is 2. The van der Waals surface area contributed by atoms with Crippen molar-refractivity contribution >= 4 is 11.9 Å². The molecule has 1 aliphatic heterocycles. The summed E-state index contributed by atoms with van der Waals surface area (Å²) in [5.41, 5.74) is -0.0978. The Kier molecular flexibility index (Phi) is 4.52. The van der Waals surface area contributed by atoms with Crippen molar-refractivity contribution in [3.8, 4) is 0 Å². The van der Waals surface area contributed by atoms with Gasteiger partial charge in [-0.25, -0.2) is 4.79 Å². The average molecular weight is 283 g/mol. The molecule has 3 amide bonds. The van der Waals surface area contributed by atoms with Crippen molar-refractivity contribution in [3.05, 3.63) is 0 Å². The zero-order valence-corrected chi connectivity index (χ0v) is 12.4. The Morgan fingerprint density at radius 1 is 1.35 bits per heavy atom. The molecule has 2 rings (SSSR count). The summed E-state index contributed by atoms with van der Waals surface area (Å²) in [6.45, 7) is 1.39. The number of rotatable bonds is 2. The van der Waals surface area contributed by atoms with Gasteiger partial charge < -0.3 is 20.2 Å². The third-order valence-corrected chi connectivity index (χ3v) is 4.62. The zero-order chi connectivity index (χ0) is 14.8. The maximum absolute atomic E-state index is 12.2. The predicted octanol–water partition coefficient (Wildman–Crippen LogP) is 0.411. The number of nitrogens with one attached hydrogen (secondary N) is 1. The molecule has 0 aromatic heterocycles. The van der Waals surface area contributed by atoms with E-state index < -0.39 is 0 Å². The molecule has 0 bridgehead atoms. The summed E-state index contributed by atoms with van der Waals surface area (Å²) in [4.78, 5) is 26.8. The van der Waals surface area contributed by atoms with Gasteiger partial charge in [0.25, 0.3) is 0 Å². The molecule has 2 N–H and O–H groups in total. The van der Waals surface area contributed by atoms with Gasteiger partial charge in [-0.1, -0.05) is 6.42 Å². The topological polar surface area (TPSA) is 72.9 Å². The summed E-state index contributed by atoms with van der Waals surface area (Å²) in [6.07, 6.45) is 4.54. The molecule has 1 saturated carbocycles. The van der Waals surface area contributed by atoms with E-state index in [0.29, 0.717) is 6.54 Å². The molecule has 1 spiro atoms. The number of aliphatic hydroxyl groups excluding tert-OH is 1. The summed E-state index contributed by atoms with van der Waals surface area (Å²) in [6, 6.07) is -0.258. The lowest BCUT2D eigenvalue weighted by Gasteiger charge is -2.42. The predicted molar refractivity (Wildman–Crippen MR) is 75.2 cm³/mol. The summed E-state index contributed by atoms with van der Waals surface area (Å²) in [7, 11) is 3.29. The zero-order valence-electron chi connectivity index (χ0n) is 12.4. The Bertz CT molecular complexity index is 386. The molecular weight excluding hydrogens is 258 g/mol. The normalized spacial score (nSPS) is 29.6. The molecule has 2 fully saturated rings. The summed E-state index contributed by atoms with van der Waals surface area (Å²) < 4.78 is 0. The number of hydrogen-bond acceptors (Lipinski definition) is 3. The van der Waals surface area contributed by atoms with Crippen LogP contribution < -0.4 is 5.32 Å². The maximum Gasteiger partial charge on any atom is 0.317 e. The van der Waals surface area contributed by atoms with Crippen LogP contribution in [0.15, 0.2) is 0 Å². The largest absolute Gasteiger partial charge is 0.392 e. The minimum absolute atomic E-state index is 0.0309. The Morgan fingerprint density at radius 3 is 2.65 bits per heavy atom. The van der Waals surface area contributed by atoms with E-state index in [2.05, 4.69) is 5.32 Å². The third kappa shape index (κ3) is 3.06. The Balaban J connectivity index is 1.89. The quantitative estimate of drug-likeness (QED) is 0.771. The van der Waals surface area contributed by atoms with Crippen LogP contribution in [0.2, 0.25) is 0 Å². The number of urea groups is 1. The molecule has 0 unspecified atom stereocenters. The number of nitrogens with zero attached hydrogens (tertiary/aromatic N) is 2. The Hall–Kier alpha value is -1.30. The van der Waals surface area contributed by atoms with Crippen LogP contribution in [0.3, 0.4) is 0 Å². The van der Waals surface area contributed by atoms with Crippen LogP contribution in [0, 0.1) is 5.41 Å².